The fraction of sp³-hybridized carbons (Fsp3) is 0. The second-order valence-electron chi connectivity index (χ2n) is 2.95. The lowest BCUT2D eigenvalue weighted by Gasteiger charge is -2.02. The van der Waals surface area contributed by atoms with Crippen molar-refractivity contribution in [1.82, 2.24) is 0 Å². The van der Waals surface area contributed by atoms with Crippen molar-refractivity contribution >= 4 is 17.9 Å². The molecule has 82 valence electrons. The van der Waals surface area contributed by atoms with Crippen molar-refractivity contribution in [3.05, 3.63) is 46.9 Å². The molecule has 0 bridgehead atoms. The van der Waals surface area contributed by atoms with E-state index in [4.69, 9.17) is 20.8 Å². The van der Waals surface area contributed by atoms with E-state index in [9.17, 15) is 9.18 Å². The molecule has 0 aliphatic heterocycles. The van der Waals surface area contributed by atoms with Crippen LogP contribution in [0.3, 0.4) is 0 Å². The van der Waals surface area contributed by atoms with E-state index in [1.807, 2.05) is 0 Å². The molecule has 16 heavy (non-hydrogen) atoms. The number of aldehydes is 1. The van der Waals surface area contributed by atoms with Gasteiger partial charge in [0.15, 0.2) is 12.0 Å². The molecule has 1 heterocycles. The zero-order valence-electron chi connectivity index (χ0n) is 7.94. The van der Waals surface area contributed by atoms with Gasteiger partial charge in [0.25, 0.3) is 5.95 Å². The third-order valence-electron chi connectivity index (χ3n) is 1.83. The number of furan rings is 1. The number of halogens is 2. The molecule has 0 aliphatic carbocycles. The minimum Gasteiger partial charge on any atom is -0.426 e. The number of ether oxygens (including phenoxy) is 1. The summed E-state index contributed by atoms with van der Waals surface area (Å²) in [6.45, 7) is 0. The maximum absolute atomic E-state index is 12.8. The molecule has 1 aromatic carbocycles. The summed E-state index contributed by atoms with van der Waals surface area (Å²) >= 11 is 5.57. The first-order valence-electron chi connectivity index (χ1n) is 4.37. The number of carbonyl (C=O) groups is 1. The average molecular weight is 241 g/mol. The van der Waals surface area contributed by atoms with Crippen molar-refractivity contribution in [3.8, 4) is 11.7 Å². The van der Waals surface area contributed by atoms with E-state index >= 15 is 0 Å². The van der Waals surface area contributed by atoms with Crippen molar-refractivity contribution in [2.75, 3.05) is 0 Å². The molecule has 0 radical (unpaired) electrons. The topological polar surface area (TPSA) is 39.4 Å². The lowest BCUT2D eigenvalue weighted by Crippen LogP contribution is -1.83. The van der Waals surface area contributed by atoms with Crippen LogP contribution in [0.5, 0.6) is 11.7 Å². The minimum absolute atomic E-state index is 0.0420. The van der Waals surface area contributed by atoms with Gasteiger partial charge in [-0.25, -0.2) is 4.39 Å². The molecule has 0 aliphatic rings. The number of hydrogen-bond donors (Lipinski definition) is 0. The van der Waals surface area contributed by atoms with Gasteiger partial charge in [0.1, 0.15) is 11.6 Å². The molecule has 0 saturated heterocycles. The SMILES string of the molecule is O=Cc1ccc(Oc2ccc(F)c(Cl)c2)o1. The van der Waals surface area contributed by atoms with E-state index in [-0.39, 0.29) is 16.7 Å². The lowest BCUT2D eigenvalue weighted by atomic mass is 10.3. The second-order valence-corrected chi connectivity index (χ2v) is 3.36. The quantitative estimate of drug-likeness (QED) is 0.769. The number of carbonyl (C=O) groups excluding carboxylic acids is 1. The van der Waals surface area contributed by atoms with Crippen LogP contribution < -0.4 is 4.74 Å². The molecular weight excluding hydrogens is 235 g/mol. The van der Waals surface area contributed by atoms with Crippen LogP contribution in [0.25, 0.3) is 0 Å². The summed E-state index contributed by atoms with van der Waals surface area (Å²) in [7, 11) is 0. The Bertz CT molecular complexity index is 522. The Morgan fingerprint density at radius 1 is 1.31 bits per heavy atom. The number of rotatable bonds is 3. The molecule has 2 aromatic rings. The van der Waals surface area contributed by atoms with Crippen molar-refractivity contribution in [2.45, 2.75) is 0 Å². The van der Waals surface area contributed by atoms with Crippen molar-refractivity contribution < 1.29 is 18.3 Å². The first kappa shape index (κ1) is 10.7. The predicted octanol–water partition coefficient (Wildman–Crippen LogP) is 3.68. The Labute approximate surface area is 95.4 Å². The van der Waals surface area contributed by atoms with Crippen LogP contribution >= 0.6 is 11.6 Å². The van der Waals surface area contributed by atoms with Gasteiger partial charge in [-0.05, 0) is 18.2 Å². The Hall–Kier alpha value is -1.81. The fourth-order valence-electron chi connectivity index (χ4n) is 1.11. The van der Waals surface area contributed by atoms with Crippen LogP contribution in [0.15, 0.2) is 34.7 Å². The van der Waals surface area contributed by atoms with E-state index in [1.54, 1.807) is 0 Å². The monoisotopic (exact) mass is 240 g/mol. The molecule has 0 N–H and O–H groups in total. The second kappa shape index (κ2) is 4.37. The highest BCUT2D eigenvalue weighted by molar-refractivity contribution is 6.30. The highest BCUT2D eigenvalue weighted by Crippen LogP contribution is 2.26. The molecule has 0 unspecified atom stereocenters. The van der Waals surface area contributed by atoms with E-state index in [2.05, 4.69) is 0 Å². The molecule has 3 nitrogen and oxygen atoms in total. The van der Waals surface area contributed by atoms with Crippen LogP contribution in [-0.2, 0) is 0 Å². The van der Waals surface area contributed by atoms with Gasteiger partial charge >= 0.3 is 0 Å². The maximum Gasteiger partial charge on any atom is 0.290 e. The molecule has 0 spiro atoms. The molecule has 0 fully saturated rings. The highest BCUT2D eigenvalue weighted by atomic mass is 35.5. The van der Waals surface area contributed by atoms with E-state index in [1.165, 1.54) is 30.3 Å². The summed E-state index contributed by atoms with van der Waals surface area (Å²) < 4.78 is 23.0. The smallest absolute Gasteiger partial charge is 0.290 e. The van der Waals surface area contributed by atoms with Crippen molar-refractivity contribution in [1.29, 1.82) is 0 Å². The molecular formula is C11H6ClFO3. The Morgan fingerprint density at radius 2 is 2.12 bits per heavy atom. The van der Waals surface area contributed by atoms with Gasteiger partial charge in [0, 0.05) is 12.1 Å². The normalized spacial score (nSPS) is 10.1. The summed E-state index contributed by atoms with van der Waals surface area (Å²) in [5, 5.41) is -0.0420. The van der Waals surface area contributed by atoms with Gasteiger partial charge in [-0.1, -0.05) is 11.6 Å². The summed E-state index contributed by atoms with van der Waals surface area (Å²) in [4.78, 5) is 10.4. The first-order valence-corrected chi connectivity index (χ1v) is 4.75. The van der Waals surface area contributed by atoms with E-state index in [0.29, 0.717) is 12.0 Å². The van der Waals surface area contributed by atoms with Gasteiger partial charge in [-0.3, -0.25) is 4.79 Å². The summed E-state index contributed by atoms with van der Waals surface area (Å²) in [5.41, 5.74) is 0. The lowest BCUT2D eigenvalue weighted by molar-refractivity contribution is 0.109. The molecule has 2 rings (SSSR count). The Morgan fingerprint density at radius 3 is 2.75 bits per heavy atom. The van der Waals surface area contributed by atoms with E-state index < -0.39 is 5.82 Å². The molecule has 5 heteroatoms. The largest absolute Gasteiger partial charge is 0.426 e. The molecule has 0 amide bonds. The fourth-order valence-corrected chi connectivity index (χ4v) is 1.28. The molecule has 0 atom stereocenters. The van der Waals surface area contributed by atoms with Crippen LogP contribution in [-0.4, -0.2) is 6.29 Å². The minimum atomic E-state index is -0.526. The van der Waals surface area contributed by atoms with Crippen LogP contribution in [0.4, 0.5) is 4.39 Å². The van der Waals surface area contributed by atoms with Crippen LogP contribution in [0.2, 0.25) is 5.02 Å². The zero-order valence-corrected chi connectivity index (χ0v) is 8.70. The maximum atomic E-state index is 12.8. The van der Waals surface area contributed by atoms with Crippen LogP contribution in [0, 0.1) is 5.82 Å². The number of hydrogen-bond acceptors (Lipinski definition) is 3. The zero-order chi connectivity index (χ0) is 11.5. The standard InChI is InChI=1S/C11H6ClFO3/c12-9-5-7(1-3-10(9)13)15-11-4-2-8(6-14)16-11/h1-6H. The third-order valence-corrected chi connectivity index (χ3v) is 2.12. The van der Waals surface area contributed by atoms with Gasteiger partial charge < -0.3 is 9.15 Å². The van der Waals surface area contributed by atoms with Crippen LogP contribution in [0.1, 0.15) is 10.6 Å². The Kier molecular flexibility index (Phi) is 2.92. The average Bonchev–Trinajstić information content (AvgIpc) is 2.71. The first-order chi connectivity index (χ1) is 7.69. The predicted molar refractivity (Wildman–Crippen MR) is 55.6 cm³/mol. The summed E-state index contributed by atoms with van der Waals surface area (Å²) in [6, 6.07) is 6.86. The van der Waals surface area contributed by atoms with Crippen molar-refractivity contribution in [3.63, 3.8) is 0 Å². The number of benzene rings is 1. The molecule has 1 aromatic heterocycles. The van der Waals surface area contributed by atoms with Gasteiger partial charge in [-0.2, -0.15) is 0 Å². The Balaban J connectivity index is 2.20. The van der Waals surface area contributed by atoms with Gasteiger partial charge in [0.2, 0.25) is 0 Å². The molecule has 0 saturated carbocycles. The highest BCUT2D eigenvalue weighted by Gasteiger charge is 2.06. The van der Waals surface area contributed by atoms with Gasteiger partial charge in [-0.15, -0.1) is 0 Å². The van der Waals surface area contributed by atoms with E-state index in [0.717, 1.165) is 0 Å². The third kappa shape index (κ3) is 2.23. The van der Waals surface area contributed by atoms with Crippen molar-refractivity contribution in [2.24, 2.45) is 0 Å². The summed E-state index contributed by atoms with van der Waals surface area (Å²) in [6.07, 6.45) is 0.560. The summed E-state index contributed by atoms with van der Waals surface area (Å²) in [5.74, 6) is 0.105. The van der Waals surface area contributed by atoms with Gasteiger partial charge in [0.05, 0.1) is 5.02 Å².